The number of benzene rings is 1. The first kappa shape index (κ1) is 15.2. The van der Waals surface area contributed by atoms with E-state index < -0.39 is 15.8 Å². The molecule has 2 unspecified atom stereocenters. The van der Waals surface area contributed by atoms with Crippen LogP contribution in [-0.4, -0.2) is 38.0 Å². The Morgan fingerprint density at radius 3 is 2.85 bits per heavy atom. The average Bonchev–Trinajstić information content (AvgIpc) is 2.41. The van der Waals surface area contributed by atoms with Gasteiger partial charge in [0.2, 0.25) is 10.0 Å². The zero-order valence-corrected chi connectivity index (χ0v) is 12.4. The third-order valence-corrected chi connectivity index (χ3v) is 5.46. The van der Waals surface area contributed by atoms with Gasteiger partial charge >= 0.3 is 0 Å². The second kappa shape index (κ2) is 5.67. The summed E-state index contributed by atoms with van der Waals surface area (Å²) >= 11 is 0. The van der Waals surface area contributed by atoms with Crippen LogP contribution in [0.1, 0.15) is 20.3 Å². The molecule has 2 rings (SSSR count). The highest BCUT2D eigenvalue weighted by Crippen LogP contribution is 2.28. The van der Waals surface area contributed by atoms with E-state index in [-0.39, 0.29) is 29.3 Å². The molecule has 0 radical (unpaired) electrons. The lowest BCUT2D eigenvalue weighted by Gasteiger charge is -2.37. The molecule has 20 heavy (non-hydrogen) atoms. The van der Waals surface area contributed by atoms with Gasteiger partial charge in [0.25, 0.3) is 0 Å². The predicted octanol–water partition coefficient (Wildman–Crippen LogP) is 1.60. The van der Waals surface area contributed by atoms with E-state index in [1.807, 2.05) is 13.8 Å². The number of nitrogens with zero attached hydrogens (tertiary/aromatic N) is 1. The number of nitrogen functional groups attached to an aromatic ring is 1. The molecule has 1 aliphatic rings. The Morgan fingerprint density at radius 2 is 2.20 bits per heavy atom. The summed E-state index contributed by atoms with van der Waals surface area (Å²) in [5.41, 5.74) is 5.25. The number of ether oxygens (including phenoxy) is 1. The van der Waals surface area contributed by atoms with Crippen LogP contribution in [-0.2, 0) is 14.8 Å². The van der Waals surface area contributed by atoms with Gasteiger partial charge in [0, 0.05) is 12.6 Å². The minimum Gasteiger partial charge on any atom is -0.395 e. The molecule has 1 fully saturated rings. The van der Waals surface area contributed by atoms with E-state index in [9.17, 15) is 12.8 Å². The molecule has 0 amide bonds. The first-order valence-corrected chi connectivity index (χ1v) is 7.99. The van der Waals surface area contributed by atoms with Crippen molar-refractivity contribution in [1.29, 1.82) is 0 Å². The van der Waals surface area contributed by atoms with Crippen molar-refractivity contribution in [2.75, 3.05) is 18.9 Å². The number of morpholine rings is 1. The minimum absolute atomic E-state index is 0.176. The van der Waals surface area contributed by atoms with Crippen LogP contribution in [0.25, 0.3) is 0 Å². The second-order valence-corrected chi connectivity index (χ2v) is 6.79. The molecule has 2 atom stereocenters. The molecule has 1 aliphatic heterocycles. The summed E-state index contributed by atoms with van der Waals surface area (Å²) in [4.78, 5) is -0.176. The van der Waals surface area contributed by atoms with E-state index in [0.29, 0.717) is 13.0 Å². The van der Waals surface area contributed by atoms with Gasteiger partial charge < -0.3 is 10.5 Å². The van der Waals surface area contributed by atoms with Crippen LogP contribution in [0.4, 0.5) is 10.1 Å². The maximum absolute atomic E-state index is 13.5. The Balaban J connectivity index is 2.45. The van der Waals surface area contributed by atoms with Gasteiger partial charge in [-0.15, -0.1) is 0 Å². The fourth-order valence-electron chi connectivity index (χ4n) is 2.30. The molecule has 112 valence electrons. The fourth-order valence-corrected chi connectivity index (χ4v) is 4.19. The molecule has 0 bridgehead atoms. The Bertz CT molecular complexity index is 591. The van der Waals surface area contributed by atoms with Gasteiger partial charge in [-0.05, 0) is 25.5 Å². The summed E-state index contributed by atoms with van der Waals surface area (Å²) in [5, 5.41) is 0. The molecule has 0 aliphatic carbocycles. The largest absolute Gasteiger partial charge is 0.395 e. The number of para-hydroxylation sites is 1. The number of nitrogens with two attached hydrogens (primary N) is 1. The molecule has 0 aromatic heterocycles. The molecular weight excluding hydrogens is 283 g/mol. The van der Waals surface area contributed by atoms with Gasteiger partial charge in [0.05, 0.1) is 18.4 Å². The van der Waals surface area contributed by atoms with Gasteiger partial charge in [-0.3, -0.25) is 0 Å². The van der Waals surface area contributed by atoms with Crippen molar-refractivity contribution >= 4 is 15.7 Å². The van der Waals surface area contributed by atoms with Crippen molar-refractivity contribution in [1.82, 2.24) is 4.31 Å². The maximum Gasteiger partial charge on any atom is 0.245 e. The maximum atomic E-state index is 13.5. The standard InChI is InChI=1S/C13H19FN2O3S/c1-3-10-8-19-9(2)7-16(10)20(17,18)12-6-4-5-11(14)13(12)15/h4-6,9-10H,3,7-8,15H2,1-2H3. The third kappa shape index (κ3) is 2.65. The highest BCUT2D eigenvalue weighted by molar-refractivity contribution is 7.89. The highest BCUT2D eigenvalue weighted by atomic mass is 32.2. The van der Waals surface area contributed by atoms with Crippen molar-refractivity contribution < 1.29 is 17.5 Å². The number of halogens is 1. The first-order chi connectivity index (χ1) is 9.37. The zero-order chi connectivity index (χ0) is 14.9. The van der Waals surface area contributed by atoms with Gasteiger partial charge in [-0.2, -0.15) is 4.31 Å². The number of hydrogen-bond donors (Lipinski definition) is 1. The molecule has 1 heterocycles. The quantitative estimate of drug-likeness (QED) is 0.861. The van der Waals surface area contributed by atoms with Crippen LogP contribution in [0.5, 0.6) is 0 Å². The molecule has 0 spiro atoms. The molecule has 5 nitrogen and oxygen atoms in total. The lowest BCUT2D eigenvalue weighted by atomic mass is 10.2. The van der Waals surface area contributed by atoms with E-state index in [4.69, 9.17) is 10.5 Å². The molecule has 0 saturated carbocycles. The van der Waals surface area contributed by atoms with Crippen molar-refractivity contribution in [2.45, 2.75) is 37.3 Å². The Labute approximate surface area is 118 Å². The number of sulfonamides is 1. The first-order valence-electron chi connectivity index (χ1n) is 6.55. The zero-order valence-electron chi connectivity index (χ0n) is 11.5. The summed E-state index contributed by atoms with van der Waals surface area (Å²) in [5.74, 6) is -0.722. The summed E-state index contributed by atoms with van der Waals surface area (Å²) < 4.78 is 45.7. The monoisotopic (exact) mass is 302 g/mol. The Kier molecular flexibility index (Phi) is 4.31. The SMILES string of the molecule is CCC1COC(C)CN1S(=O)(=O)c1cccc(F)c1N. The van der Waals surface area contributed by atoms with Crippen LogP contribution in [0, 0.1) is 5.82 Å². The van der Waals surface area contributed by atoms with Gasteiger partial charge in [0.1, 0.15) is 10.7 Å². The van der Waals surface area contributed by atoms with Crippen LogP contribution in [0.2, 0.25) is 0 Å². The van der Waals surface area contributed by atoms with Gasteiger partial charge in [-0.1, -0.05) is 13.0 Å². The third-order valence-electron chi connectivity index (χ3n) is 3.49. The van der Waals surface area contributed by atoms with Crippen LogP contribution in [0.3, 0.4) is 0 Å². The van der Waals surface area contributed by atoms with E-state index in [1.54, 1.807) is 0 Å². The minimum atomic E-state index is -3.82. The Morgan fingerprint density at radius 1 is 1.50 bits per heavy atom. The lowest BCUT2D eigenvalue weighted by molar-refractivity contribution is -0.0230. The summed E-state index contributed by atoms with van der Waals surface area (Å²) in [6.45, 7) is 4.29. The number of anilines is 1. The normalized spacial score (nSPS) is 24.8. The van der Waals surface area contributed by atoms with Gasteiger partial charge in [-0.25, -0.2) is 12.8 Å². The van der Waals surface area contributed by atoms with E-state index >= 15 is 0 Å². The van der Waals surface area contributed by atoms with Crippen molar-refractivity contribution in [3.8, 4) is 0 Å². The fraction of sp³-hybridized carbons (Fsp3) is 0.538. The van der Waals surface area contributed by atoms with Crippen LogP contribution in [0.15, 0.2) is 23.1 Å². The van der Waals surface area contributed by atoms with Crippen molar-refractivity contribution in [3.05, 3.63) is 24.0 Å². The van der Waals surface area contributed by atoms with E-state index in [2.05, 4.69) is 0 Å². The van der Waals surface area contributed by atoms with E-state index in [1.165, 1.54) is 16.4 Å². The highest BCUT2D eigenvalue weighted by Gasteiger charge is 2.36. The summed E-state index contributed by atoms with van der Waals surface area (Å²) in [7, 11) is -3.82. The van der Waals surface area contributed by atoms with E-state index in [0.717, 1.165) is 6.07 Å². The molecule has 1 aromatic rings. The molecule has 1 saturated heterocycles. The second-order valence-electron chi connectivity index (χ2n) is 4.93. The summed E-state index contributed by atoms with van der Waals surface area (Å²) in [6, 6.07) is 3.58. The summed E-state index contributed by atoms with van der Waals surface area (Å²) in [6.07, 6.45) is 0.434. The average molecular weight is 302 g/mol. The molecule has 1 aromatic carbocycles. The van der Waals surface area contributed by atoms with Crippen molar-refractivity contribution in [3.63, 3.8) is 0 Å². The molecule has 2 N–H and O–H groups in total. The molecule has 7 heteroatoms. The number of rotatable bonds is 3. The van der Waals surface area contributed by atoms with Crippen LogP contribution >= 0.6 is 0 Å². The van der Waals surface area contributed by atoms with Gasteiger partial charge in [0.15, 0.2) is 0 Å². The lowest BCUT2D eigenvalue weighted by Crippen LogP contribution is -2.51. The molecular formula is C13H19FN2O3S. The number of hydrogen-bond acceptors (Lipinski definition) is 4. The predicted molar refractivity (Wildman–Crippen MR) is 74.2 cm³/mol. The Hall–Kier alpha value is -1.18. The van der Waals surface area contributed by atoms with Crippen molar-refractivity contribution in [2.24, 2.45) is 0 Å². The topological polar surface area (TPSA) is 72.6 Å². The smallest absolute Gasteiger partial charge is 0.245 e. The van der Waals surface area contributed by atoms with Crippen LogP contribution < -0.4 is 5.73 Å².